The third-order valence-electron chi connectivity index (χ3n) is 3.03. The Morgan fingerprint density at radius 3 is 2.57 bits per heavy atom. The van der Waals surface area contributed by atoms with Gasteiger partial charge in [-0.05, 0) is 37.6 Å². The molecular weight excluding hydrogens is 271 g/mol. The van der Waals surface area contributed by atoms with Crippen molar-refractivity contribution in [1.29, 1.82) is 0 Å². The molecule has 0 atom stereocenters. The van der Waals surface area contributed by atoms with Crippen molar-refractivity contribution in [2.45, 2.75) is 27.4 Å². The summed E-state index contributed by atoms with van der Waals surface area (Å²) < 4.78 is 24.6. The molecule has 2 aromatic rings. The monoisotopic (exact) mass is 288 g/mol. The molecular formula is C17H17FO3. The van der Waals surface area contributed by atoms with Gasteiger partial charge in [0.15, 0.2) is 0 Å². The molecule has 3 nitrogen and oxygen atoms in total. The van der Waals surface area contributed by atoms with E-state index < -0.39 is 11.8 Å². The number of halogens is 1. The molecule has 0 saturated heterocycles. The van der Waals surface area contributed by atoms with Crippen LogP contribution in [0.4, 0.5) is 4.39 Å². The first-order chi connectivity index (χ1) is 9.97. The van der Waals surface area contributed by atoms with Crippen molar-refractivity contribution in [3.63, 3.8) is 0 Å². The summed E-state index contributed by atoms with van der Waals surface area (Å²) in [5.41, 5.74) is 2.33. The molecule has 0 aromatic heterocycles. The Morgan fingerprint density at radius 2 is 1.90 bits per heavy atom. The highest BCUT2D eigenvalue weighted by Crippen LogP contribution is 2.25. The van der Waals surface area contributed by atoms with Gasteiger partial charge in [-0.25, -0.2) is 4.39 Å². The zero-order valence-electron chi connectivity index (χ0n) is 12.3. The lowest BCUT2D eigenvalue weighted by molar-refractivity contribution is -0.131. The van der Waals surface area contributed by atoms with Crippen LogP contribution in [0.15, 0.2) is 36.4 Å². The average Bonchev–Trinajstić information content (AvgIpc) is 2.39. The Bertz CT molecular complexity index is 665. The van der Waals surface area contributed by atoms with E-state index in [0.717, 1.165) is 11.1 Å². The summed E-state index contributed by atoms with van der Waals surface area (Å²) in [5.74, 6) is -0.0863. The van der Waals surface area contributed by atoms with E-state index in [9.17, 15) is 9.18 Å². The Morgan fingerprint density at radius 1 is 1.14 bits per heavy atom. The second kappa shape index (κ2) is 6.39. The Hall–Kier alpha value is -2.36. The summed E-state index contributed by atoms with van der Waals surface area (Å²) in [6.45, 7) is 5.20. The third-order valence-corrected chi connectivity index (χ3v) is 3.03. The first kappa shape index (κ1) is 15.0. The number of esters is 1. The number of aryl methyl sites for hydroxylation is 2. The molecule has 2 rings (SSSR count). The van der Waals surface area contributed by atoms with E-state index in [-0.39, 0.29) is 17.9 Å². The lowest BCUT2D eigenvalue weighted by Crippen LogP contribution is -2.07. The normalized spacial score (nSPS) is 10.3. The number of rotatable bonds is 4. The molecule has 0 aliphatic carbocycles. The fraction of sp³-hybridized carbons (Fsp3) is 0.235. The molecule has 0 heterocycles. The van der Waals surface area contributed by atoms with E-state index in [1.165, 1.54) is 19.1 Å². The highest BCUT2D eigenvalue weighted by Gasteiger charge is 2.13. The number of carbonyl (C=O) groups is 1. The quantitative estimate of drug-likeness (QED) is 0.631. The average molecular weight is 288 g/mol. The molecule has 0 saturated carbocycles. The Balaban J connectivity index is 2.21. The lowest BCUT2D eigenvalue weighted by Gasteiger charge is -2.13. The summed E-state index contributed by atoms with van der Waals surface area (Å²) in [7, 11) is 0. The standard InChI is InChI=1S/C17H17FO3/c1-11-7-8-16(12(2)9-11)20-10-14-15(18)5-4-6-17(14)21-13(3)19/h4-9H,10H2,1-3H3. The molecule has 0 aliphatic heterocycles. The molecule has 21 heavy (non-hydrogen) atoms. The van der Waals surface area contributed by atoms with E-state index in [2.05, 4.69) is 0 Å². The van der Waals surface area contributed by atoms with Crippen molar-refractivity contribution in [3.05, 3.63) is 58.9 Å². The van der Waals surface area contributed by atoms with Crippen LogP contribution < -0.4 is 9.47 Å². The summed E-state index contributed by atoms with van der Waals surface area (Å²) in [6, 6.07) is 10.1. The van der Waals surface area contributed by atoms with Crippen LogP contribution in [-0.4, -0.2) is 5.97 Å². The van der Waals surface area contributed by atoms with Gasteiger partial charge >= 0.3 is 5.97 Å². The van der Waals surface area contributed by atoms with Gasteiger partial charge in [-0.3, -0.25) is 4.79 Å². The fourth-order valence-corrected chi connectivity index (χ4v) is 2.04. The van der Waals surface area contributed by atoms with Gasteiger partial charge in [-0.2, -0.15) is 0 Å². The van der Waals surface area contributed by atoms with Gasteiger partial charge in [0, 0.05) is 6.92 Å². The minimum Gasteiger partial charge on any atom is -0.488 e. The Kier molecular flexibility index (Phi) is 4.58. The second-order valence-corrected chi connectivity index (χ2v) is 4.87. The highest BCUT2D eigenvalue weighted by molar-refractivity contribution is 5.69. The predicted octanol–water partition coefficient (Wildman–Crippen LogP) is 3.95. The van der Waals surface area contributed by atoms with Gasteiger partial charge in [-0.1, -0.05) is 23.8 Å². The van der Waals surface area contributed by atoms with E-state index >= 15 is 0 Å². The van der Waals surface area contributed by atoms with Crippen molar-refractivity contribution in [3.8, 4) is 11.5 Å². The highest BCUT2D eigenvalue weighted by atomic mass is 19.1. The molecule has 2 aromatic carbocycles. The van der Waals surface area contributed by atoms with Crippen LogP contribution in [0.1, 0.15) is 23.6 Å². The topological polar surface area (TPSA) is 35.5 Å². The van der Waals surface area contributed by atoms with Crippen LogP contribution in [0.5, 0.6) is 11.5 Å². The summed E-state index contributed by atoms with van der Waals surface area (Å²) in [6.07, 6.45) is 0. The van der Waals surface area contributed by atoms with Crippen molar-refractivity contribution in [1.82, 2.24) is 0 Å². The predicted molar refractivity (Wildman–Crippen MR) is 78.0 cm³/mol. The van der Waals surface area contributed by atoms with E-state index in [0.29, 0.717) is 5.75 Å². The van der Waals surface area contributed by atoms with Gasteiger partial charge in [-0.15, -0.1) is 0 Å². The maximum absolute atomic E-state index is 13.9. The van der Waals surface area contributed by atoms with Gasteiger partial charge in [0.1, 0.15) is 23.9 Å². The van der Waals surface area contributed by atoms with E-state index in [1.807, 2.05) is 32.0 Å². The number of hydrogen-bond donors (Lipinski definition) is 0. The van der Waals surface area contributed by atoms with Crippen molar-refractivity contribution >= 4 is 5.97 Å². The molecule has 110 valence electrons. The summed E-state index contributed by atoms with van der Waals surface area (Å²) in [4.78, 5) is 11.1. The summed E-state index contributed by atoms with van der Waals surface area (Å²) in [5, 5.41) is 0. The van der Waals surface area contributed by atoms with Crippen LogP contribution in [0.3, 0.4) is 0 Å². The van der Waals surface area contributed by atoms with Crippen LogP contribution in [0.2, 0.25) is 0 Å². The van der Waals surface area contributed by atoms with Crippen LogP contribution >= 0.6 is 0 Å². The molecule has 0 amide bonds. The maximum atomic E-state index is 13.9. The van der Waals surface area contributed by atoms with Crippen LogP contribution in [0, 0.1) is 19.7 Å². The number of ether oxygens (including phenoxy) is 2. The van der Waals surface area contributed by atoms with E-state index in [1.54, 1.807) is 6.07 Å². The SMILES string of the molecule is CC(=O)Oc1cccc(F)c1COc1ccc(C)cc1C. The van der Waals surface area contributed by atoms with Gasteiger partial charge < -0.3 is 9.47 Å². The first-order valence-corrected chi connectivity index (χ1v) is 6.63. The molecule has 0 spiro atoms. The largest absolute Gasteiger partial charge is 0.488 e. The zero-order valence-corrected chi connectivity index (χ0v) is 12.3. The molecule has 0 radical (unpaired) electrons. The fourth-order valence-electron chi connectivity index (χ4n) is 2.04. The number of hydrogen-bond acceptors (Lipinski definition) is 3. The lowest BCUT2D eigenvalue weighted by atomic mass is 10.1. The third kappa shape index (κ3) is 3.81. The maximum Gasteiger partial charge on any atom is 0.308 e. The van der Waals surface area contributed by atoms with Crippen LogP contribution in [-0.2, 0) is 11.4 Å². The summed E-state index contributed by atoms with van der Waals surface area (Å²) >= 11 is 0. The smallest absolute Gasteiger partial charge is 0.308 e. The van der Waals surface area contributed by atoms with Crippen LogP contribution in [0.25, 0.3) is 0 Å². The molecule has 0 fully saturated rings. The second-order valence-electron chi connectivity index (χ2n) is 4.87. The molecule has 0 bridgehead atoms. The van der Waals surface area contributed by atoms with Crippen molar-refractivity contribution < 1.29 is 18.7 Å². The Labute approximate surface area is 123 Å². The van der Waals surface area contributed by atoms with Gasteiger partial charge in [0.25, 0.3) is 0 Å². The van der Waals surface area contributed by atoms with E-state index in [4.69, 9.17) is 9.47 Å². The molecule has 4 heteroatoms. The zero-order chi connectivity index (χ0) is 15.4. The first-order valence-electron chi connectivity index (χ1n) is 6.63. The number of carbonyl (C=O) groups excluding carboxylic acids is 1. The van der Waals surface area contributed by atoms with Gasteiger partial charge in [0.2, 0.25) is 0 Å². The molecule has 0 unspecified atom stereocenters. The number of benzene rings is 2. The van der Waals surface area contributed by atoms with Crippen molar-refractivity contribution in [2.75, 3.05) is 0 Å². The molecule has 0 N–H and O–H groups in total. The minimum atomic E-state index is -0.492. The molecule has 0 aliphatic rings. The minimum absolute atomic E-state index is 0.000806. The van der Waals surface area contributed by atoms with Crippen molar-refractivity contribution in [2.24, 2.45) is 0 Å². The van der Waals surface area contributed by atoms with Gasteiger partial charge in [0.05, 0.1) is 5.56 Å².